The van der Waals surface area contributed by atoms with Gasteiger partial charge in [-0.15, -0.1) is 0 Å². The number of nitrogens with one attached hydrogen (secondary N) is 1. The molecule has 2 aliphatic heterocycles. The van der Waals surface area contributed by atoms with E-state index < -0.39 is 0 Å². The Morgan fingerprint density at radius 1 is 0.850 bits per heavy atom. The van der Waals surface area contributed by atoms with Gasteiger partial charge in [-0.3, -0.25) is 4.79 Å². The van der Waals surface area contributed by atoms with Crippen molar-refractivity contribution in [3.05, 3.63) is 0 Å². The minimum absolute atomic E-state index is 0.347. The topological polar surface area (TPSA) is 32.3 Å². The summed E-state index contributed by atoms with van der Waals surface area (Å²) in [6, 6.07) is 0.563. The molecule has 1 atom stereocenters. The van der Waals surface area contributed by atoms with Crippen LogP contribution in [0.2, 0.25) is 0 Å². The number of carbonyl (C=O) groups is 1. The molecule has 0 aromatic carbocycles. The second-order valence-electron chi connectivity index (χ2n) is 7.02. The number of piperidine rings is 1. The van der Waals surface area contributed by atoms with Crippen molar-refractivity contribution in [1.29, 1.82) is 0 Å². The summed E-state index contributed by atoms with van der Waals surface area (Å²) in [6.45, 7) is 3.32. The minimum atomic E-state index is 0.347. The van der Waals surface area contributed by atoms with Gasteiger partial charge in [0, 0.05) is 18.5 Å². The van der Waals surface area contributed by atoms with Crippen LogP contribution in [-0.4, -0.2) is 36.5 Å². The van der Waals surface area contributed by atoms with Gasteiger partial charge >= 0.3 is 0 Å². The number of rotatable bonds is 2. The van der Waals surface area contributed by atoms with Gasteiger partial charge in [0.2, 0.25) is 5.91 Å². The predicted molar refractivity (Wildman–Crippen MR) is 81.5 cm³/mol. The van der Waals surface area contributed by atoms with Gasteiger partial charge in [-0.1, -0.05) is 25.7 Å². The van der Waals surface area contributed by atoms with Crippen molar-refractivity contribution in [3.8, 4) is 0 Å². The zero-order valence-corrected chi connectivity index (χ0v) is 12.8. The average Bonchev–Trinajstić information content (AvgIpc) is 2.82. The molecule has 114 valence electrons. The van der Waals surface area contributed by atoms with Crippen LogP contribution in [0.15, 0.2) is 0 Å². The molecule has 3 nitrogen and oxygen atoms in total. The van der Waals surface area contributed by atoms with Crippen LogP contribution in [0.25, 0.3) is 0 Å². The summed E-state index contributed by atoms with van der Waals surface area (Å²) >= 11 is 0. The Morgan fingerprint density at radius 3 is 2.25 bits per heavy atom. The first-order valence-electron chi connectivity index (χ1n) is 8.87. The Morgan fingerprint density at radius 2 is 1.55 bits per heavy atom. The molecule has 3 rings (SSSR count). The summed E-state index contributed by atoms with van der Waals surface area (Å²) in [5.41, 5.74) is 0. The molecule has 1 N–H and O–H groups in total. The molecule has 3 aliphatic rings. The van der Waals surface area contributed by atoms with Gasteiger partial charge in [0.15, 0.2) is 0 Å². The predicted octanol–water partition coefficient (Wildman–Crippen LogP) is 2.95. The van der Waals surface area contributed by atoms with Crippen molar-refractivity contribution in [1.82, 2.24) is 10.2 Å². The Bertz CT molecular complexity index is 317. The highest BCUT2D eigenvalue weighted by molar-refractivity contribution is 5.79. The fourth-order valence-corrected chi connectivity index (χ4v) is 4.55. The first kappa shape index (κ1) is 14.4. The molecule has 1 amide bonds. The smallest absolute Gasteiger partial charge is 0.225 e. The van der Waals surface area contributed by atoms with Crippen molar-refractivity contribution in [2.24, 2.45) is 11.8 Å². The number of hydrogen-bond donors (Lipinski definition) is 1. The van der Waals surface area contributed by atoms with E-state index in [1.165, 1.54) is 51.4 Å². The molecule has 1 saturated carbocycles. The lowest BCUT2D eigenvalue weighted by Gasteiger charge is -2.36. The Kier molecular flexibility index (Phi) is 4.98. The van der Waals surface area contributed by atoms with Crippen molar-refractivity contribution in [3.63, 3.8) is 0 Å². The fourth-order valence-electron chi connectivity index (χ4n) is 4.55. The van der Waals surface area contributed by atoms with Gasteiger partial charge in [0.05, 0.1) is 0 Å². The molecule has 20 heavy (non-hydrogen) atoms. The van der Waals surface area contributed by atoms with Crippen LogP contribution in [0.1, 0.15) is 64.2 Å². The largest absolute Gasteiger partial charge is 0.339 e. The number of carbonyl (C=O) groups excluding carboxylic acids is 1. The van der Waals surface area contributed by atoms with Crippen LogP contribution in [0.4, 0.5) is 0 Å². The molecular weight excluding hydrogens is 248 g/mol. The molecular formula is C17H30N2O. The first-order chi connectivity index (χ1) is 9.86. The average molecular weight is 278 g/mol. The maximum Gasteiger partial charge on any atom is 0.225 e. The molecule has 0 bridgehead atoms. The SMILES string of the molecule is O=C(C1CCCCCC1)N1CCCC1C1CCNCC1. The van der Waals surface area contributed by atoms with Crippen LogP contribution in [0.5, 0.6) is 0 Å². The van der Waals surface area contributed by atoms with Gasteiger partial charge < -0.3 is 10.2 Å². The normalized spacial score (nSPS) is 30.4. The summed E-state index contributed by atoms with van der Waals surface area (Å²) in [7, 11) is 0. The summed E-state index contributed by atoms with van der Waals surface area (Å²) in [5.74, 6) is 1.61. The molecule has 1 aliphatic carbocycles. The van der Waals surface area contributed by atoms with E-state index in [1.54, 1.807) is 0 Å². The van der Waals surface area contributed by atoms with Crippen molar-refractivity contribution >= 4 is 5.91 Å². The Labute approximate surface area is 123 Å². The van der Waals surface area contributed by atoms with Gasteiger partial charge in [0.1, 0.15) is 0 Å². The highest BCUT2D eigenvalue weighted by Crippen LogP contribution is 2.33. The standard InChI is InChI=1S/C17H30N2O/c20-17(15-6-3-1-2-4-7-15)19-13-5-8-16(19)14-9-11-18-12-10-14/h14-16,18H,1-13H2. The molecule has 2 saturated heterocycles. The molecule has 1 unspecified atom stereocenters. The second kappa shape index (κ2) is 6.93. The van der Waals surface area contributed by atoms with Crippen molar-refractivity contribution in [2.75, 3.05) is 19.6 Å². The van der Waals surface area contributed by atoms with E-state index in [1.807, 2.05) is 0 Å². The van der Waals surface area contributed by atoms with E-state index >= 15 is 0 Å². The fraction of sp³-hybridized carbons (Fsp3) is 0.941. The Hall–Kier alpha value is -0.570. The van der Waals surface area contributed by atoms with Crippen LogP contribution in [-0.2, 0) is 4.79 Å². The van der Waals surface area contributed by atoms with E-state index in [-0.39, 0.29) is 0 Å². The van der Waals surface area contributed by atoms with Crippen LogP contribution < -0.4 is 5.32 Å². The third-order valence-corrected chi connectivity index (χ3v) is 5.71. The molecule has 0 aromatic rings. The lowest BCUT2D eigenvalue weighted by Crippen LogP contribution is -2.45. The molecule has 2 heterocycles. The van der Waals surface area contributed by atoms with E-state index in [0.29, 0.717) is 17.9 Å². The highest BCUT2D eigenvalue weighted by atomic mass is 16.2. The first-order valence-corrected chi connectivity index (χ1v) is 8.87. The summed E-state index contributed by atoms with van der Waals surface area (Å²) in [4.78, 5) is 15.2. The van der Waals surface area contributed by atoms with Gasteiger partial charge in [-0.2, -0.15) is 0 Å². The van der Waals surface area contributed by atoms with Crippen LogP contribution in [0, 0.1) is 11.8 Å². The van der Waals surface area contributed by atoms with E-state index in [2.05, 4.69) is 10.2 Å². The van der Waals surface area contributed by atoms with Gasteiger partial charge in [0.25, 0.3) is 0 Å². The third-order valence-electron chi connectivity index (χ3n) is 5.71. The number of nitrogens with zero attached hydrogens (tertiary/aromatic N) is 1. The third kappa shape index (κ3) is 3.19. The maximum atomic E-state index is 12.9. The van der Waals surface area contributed by atoms with Gasteiger partial charge in [-0.05, 0) is 57.5 Å². The minimum Gasteiger partial charge on any atom is -0.339 e. The Balaban J connectivity index is 1.62. The lowest BCUT2D eigenvalue weighted by molar-refractivity contribution is -0.138. The van der Waals surface area contributed by atoms with E-state index in [9.17, 15) is 4.79 Å². The van der Waals surface area contributed by atoms with Crippen LogP contribution in [0.3, 0.4) is 0 Å². The zero-order chi connectivity index (χ0) is 13.8. The van der Waals surface area contributed by atoms with Crippen molar-refractivity contribution in [2.45, 2.75) is 70.3 Å². The van der Waals surface area contributed by atoms with Crippen LogP contribution >= 0.6 is 0 Å². The van der Waals surface area contributed by atoms with Gasteiger partial charge in [-0.25, -0.2) is 0 Å². The summed E-state index contributed by atoms with van der Waals surface area (Å²) < 4.78 is 0. The number of likely N-dealkylation sites (tertiary alicyclic amines) is 1. The monoisotopic (exact) mass is 278 g/mol. The zero-order valence-electron chi connectivity index (χ0n) is 12.8. The number of amides is 1. The maximum absolute atomic E-state index is 12.9. The second-order valence-corrected chi connectivity index (χ2v) is 7.02. The van der Waals surface area contributed by atoms with E-state index in [0.717, 1.165) is 38.4 Å². The summed E-state index contributed by atoms with van der Waals surface area (Å²) in [5, 5.41) is 3.45. The molecule has 3 heteroatoms. The molecule has 0 spiro atoms. The summed E-state index contributed by atoms with van der Waals surface area (Å²) in [6.07, 6.45) is 12.5. The lowest BCUT2D eigenvalue weighted by atomic mass is 9.88. The highest BCUT2D eigenvalue weighted by Gasteiger charge is 2.37. The van der Waals surface area contributed by atoms with Crippen molar-refractivity contribution < 1.29 is 4.79 Å². The van der Waals surface area contributed by atoms with E-state index in [4.69, 9.17) is 0 Å². The molecule has 0 radical (unpaired) electrons. The quantitative estimate of drug-likeness (QED) is 0.788. The number of hydrogen-bond acceptors (Lipinski definition) is 2. The molecule has 0 aromatic heterocycles. The molecule has 3 fully saturated rings.